The van der Waals surface area contributed by atoms with E-state index in [9.17, 15) is 27.9 Å². The summed E-state index contributed by atoms with van der Waals surface area (Å²) in [4.78, 5) is 26.8. The molecule has 2 aromatic carbocycles. The molecule has 0 aliphatic carbocycles. The van der Waals surface area contributed by atoms with Gasteiger partial charge in [0.05, 0.1) is 34.7 Å². The first-order chi connectivity index (χ1) is 17.1. The summed E-state index contributed by atoms with van der Waals surface area (Å²) in [6, 6.07) is 7.94. The normalized spacial score (nSPS) is 22.2. The first-order valence-corrected chi connectivity index (χ1v) is 12.2. The molecule has 0 bridgehead atoms. The summed E-state index contributed by atoms with van der Waals surface area (Å²) in [6.45, 7) is 0.729. The van der Waals surface area contributed by atoms with Gasteiger partial charge in [-0.2, -0.15) is 13.2 Å². The molecule has 8 nitrogen and oxygen atoms in total. The zero-order valence-corrected chi connectivity index (χ0v) is 20.1. The number of alkyl halides is 3. The van der Waals surface area contributed by atoms with Crippen LogP contribution in [0.5, 0.6) is 0 Å². The highest BCUT2D eigenvalue weighted by Gasteiger charge is 2.43. The summed E-state index contributed by atoms with van der Waals surface area (Å²) >= 11 is 6.56. The van der Waals surface area contributed by atoms with E-state index in [1.807, 2.05) is 0 Å². The van der Waals surface area contributed by atoms with E-state index < -0.39 is 35.0 Å². The highest BCUT2D eigenvalue weighted by Crippen LogP contribution is 2.36. The molecule has 2 N–H and O–H groups in total. The lowest BCUT2D eigenvalue weighted by Gasteiger charge is -2.33. The average Bonchev–Trinajstić information content (AvgIpc) is 3.34. The first kappa shape index (κ1) is 24.8. The number of β-amino-alcohol motifs (C(OH)–C–C–N with tert-alkyl or cyclic N) is 1. The molecular formula is C23H19ClF3N5O3S. The Labute approximate surface area is 212 Å². The maximum absolute atomic E-state index is 13.5. The predicted octanol–water partition coefficient (Wildman–Crippen LogP) is 3.91. The largest absolute Gasteiger partial charge is 0.416 e. The van der Waals surface area contributed by atoms with E-state index in [-0.39, 0.29) is 22.0 Å². The number of thioether (sulfide) groups is 1. The van der Waals surface area contributed by atoms with Crippen molar-refractivity contribution in [2.75, 3.05) is 13.1 Å². The molecule has 2 amide bonds. The summed E-state index contributed by atoms with van der Waals surface area (Å²) in [7, 11) is 0. The van der Waals surface area contributed by atoms with Gasteiger partial charge in [-0.1, -0.05) is 28.9 Å². The number of nitrogens with one attached hydrogen (secondary N) is 1. The zero-order valence-electron chi connectivity index (χ0n) is 18.5. The van der Waals surface area contributed by atoms with Gasteiger partial charge in [0, 0.05) is 11.6 Å². The minimum Gasteiger partial charge on any atom is -0.390 e. The maximum atomic E-state index is 13.5. The summed E-state index contributed by atoms with van der Waals surface area (Å²) in [6.07, 6.45) is -3.39. The molecule has 3 aromatic rings. The standard InChI is InChI=1S/C23H19ClF3N5O3S/c24-14-3-2-13(15(9-14)23(25,26)27)11-31-17-4-1-12(7-16(17)29-30-31)8-20-21(34)32(22(35)36-20)18-5-6-28-10-19(18)33/h1-4,7-9,18-19,28,33H,5-6,10-11H2/b20-8-/t18?,19-/m0/s1. The number of nitrogens with zero attached hydrogens (tertiary/aromatic N) is 4. The summed E-state index contributed by atoms with van der Waals surface area (Å²) in [5, 5.41) is 20.8. The van der Waals surface area contributed by atoms with Gasteiger partial charge in [-0.15, -0.1) is 5.10 Å². The molecule has 188 valence electrons. The van der Waals surface area contributed by atoms with E-state index in [1.54, 1.807) is 24.3 Å². The Balaban J connectivity index is 1.40. The van der Waals surface area contributed by atoms with Crippen LogP contribution in [0.1, 0.15) is 23.1 Å². The van der Waals surface area contributed by atoms with E-state index in [1.165, 1.54) is 16.8 Å². The number of carbonyl (C=O) groups is 2. The number of aromatic nitrogens is 3. The summed E-state index contributed by atoms with van der Waals surface area (Å²) in [5.41, 5.74) is 0.648. The maximum Gasteiger partial charge on any atom is 0.416 e. The smallest absolute Gasteiger partial charge is 0.390 e. The molecule has 2 aliphatic heterocycles. The first-order valence-electron chi connectivity index (χ1n) is 11.0. The van der Waals surface area contributed by atoms with Gasteiger partial charge in [-0.3, -0.25) is 14.5 Å². The van der Waals surface area contributed by atoms with Crippen LogP contribution in [0.3, 0.4) is 0 Å². The van der Waals surface area contributed by atoms with Crippen LogP contribution in [-0.2, 0) is 17.5 Å². The van der Waals surface area contributed by atoms with Crippen molar-refractivity contribution in [1.82, 2.24) is 25.2 Å². The molecule has 1 unspecified atom stereocenters. The van der Waals surface area contributed by atoms with Gasteiger partial charge in [0.25, 0.3) is 11.1 Å². The summed E-state index contributed by atoms with van der Waals surface area (Å²) < 4.78 is 41.7. The van der Waals surface area contributed by atoms with Crippen LogP contribution in [0.4, 0.5) is 18.0 Å². The van der Waals surface area contributed by atoms with Gasteiger partial charge < -0.3 is 10.4 Å². The minimum absolute atomic E-state index is 0.00319. The van der Waals surface area contributed by atoms with E-state index in [0.29, 0.717) is 36.1 Å². The number of benzene rings is 2. The van der Waals surface area contributed by atoms with Gasteiger partial charge in [-0.25, -0.2) is 4.68 Å². The number of aliphatic hydroxyl groups is 1. The molecular weight excluding hydrogens is 519 g/mol. The van der Waals surface area contributed by atoms with E-state index in [0.717, 1.165) is 22.7 Å². The number of hydrogen-bond donors (Lipinski definition) is 2. The van der Waals surface area contributed by atoms with Crippen molar-refractivity contribution >= 4 is 51.6 Å². The minimum atomic E-state index is -4.57. The highest BCUT2D eigenvalue weighted by atomic mass is 35.5. The Morgan fingerprint density at radius 3 is 2.78 bits per heavy atom. The fraction of sp³-hybridized carbons (Fsp3) is 0.304. The number of piperidine rings is 1. The van der Waals surface area contributed by atoms with Crippen molar-refractivity contribution in [3.63, 3.8) is 0 Å². The third-order valence-electron chi connectivity index (χ3n) is 6.10. The monoisotopic (exact) mass is 537 g/mol. The van der Waals surface area contributed by atoms with Crippen molar-refractivity contribution < 1.29 is 27.9 Å². The van der Waals surface area contributed by atoms with Crippen LogP contribution in [-0.4, -0.2) is 61.4 Å². The predicted molar refractivity (Wildman–Crippen MR) is 128 cm³/mol. The van der Waals surface area contributed by atoms with Crippen LogP contribution < -0.4 is 5.32 Å². The van der Waals surface area contributed by atoms with Gasteiger partial charge in [0.2, 0.25) is 0 Å². The third-order valence-corrected chi connectivity index (χ3v) is 7.22. The third kappa shape index (κ3) is 4.73. The van der Waals surface area contributed by atoms with Gasteiger partial charge in [0.15, 0.2) is 0 Å². The van der Waals surface area contributed by atoms with Crippen LogP contribution in [0.15, 0.2) is 41.3 Å². The number of hydrogen-bond acceptors (Lipinski definition) is 7. The molecule has 0 radical (unpaired) electrons. The Bertz CT molecular complexity index is 1390. The molecule has 2 fully saturated rings. The second-order valence-corrected chi connectivity index (χ2v) is 9.90. The van der Waals surface area contributed by atoms with Gasteiger partial charge >= 0.3 is 6.18 Å². The molecule has 2 aliphatic rings. The average molecular weight is 538 g/mol. The lowest BCUT2D eigenvalue weighted by molar-refractivity contribution is -0.138. The highest BCUT2D eigenvalue weighted by molar-refractivity contribution is 8.18. The SMILES string of the molecule is O=C1S/C(=C\c2ccc3c(c2)nnn3Cc2ccc(Cl)cc2C(F)(F)F)C(=O)N1C1CCNC[C@@H]1O. The molecule has 0 spiro atoms. The number of carbonyl (C=O) groups excluding carboxylic acids is 2. The molecule has 2 saturated heterocycles. The van der Waals surface area contributed by atoms with Gasteiger partial charge in [-0.05, 0) is 66.2 Å². The quantitative estimate of drug-likeness (QED) is 0.487. The number of halogens is 4. The van der Waals surface area contributed by atoms with Crippen molar-refractivity contribution in [2.24, 2.45) is 0 Å². The Hall–Kier alpha value is -2.93. The number of amides is 2. The number of imide groups is 1. The van der Waals surface area contributed by atoms with Crippen molar-refractivity contribution in [3.05, 3.63) is 63.0 Å². The van der Waals surface area contributed by atoms with E-state index in [4.69, 9.17) is 11.6 Å². The fourth-order valence-corrected chi connectivity index (χ4v) is 5.41. The molecule has 0 saturated carbocycles. The topological polar surface area (TPSA) is 100 Å². The fourth-order valence-electron chi connectivity index (χ4n) is 4.35. The van der Waals surface area contributed by atoms with Crippen LogP contribution >= 0.6 is 23.4 Å². The molecule has 2 atom stereocenters. The molecule has 1 aromatic heterocycles. The Morgan fingerprint density at radius 1 is 1.22 bits per heavy atom. The number of rotatable bonds is 4. The van der Waals surface area contributed by atoms with Crippen molar-refractivity contribution in [3.8, 4) is 0 Å². The molecule has 13 heteroatoms. The van der Waals surface area contributed by atoms with E-state index in [2.05, 4.69) is 15.6 Å². The summed E-state index contributed by atoms with van der Waals surface area (Å²) in [5.74, 6) is -0.470. The van der Waals surface area contributed by atoms with Crippen LogP contribution in [0, 0.1) is 0 Å². The zero-order chi connectivity index (χ0) is 25.6. The molecule has 5 rings (SSSR count). The Kier molecular flexibility index (Phi) is 6.54. The van der Waals surface area contributed by atoms with Crippen molar-refractivity contribution in [1.29, 1.82) is 0 Å². The van der Waals surface area contributed by atoms with Crippen LogP contribution in [0.2, 0.25) is 5.02 Å². The van der Waals surface area contributed by atoms with Gasteiger partial charge in [0.1, 0.15) is 5.52 Å². The van der Waals surface area contributed by atoms with Crippen LogP contribution in [0.25, 0.3) is 17.1 Å². The van der Waals surface area contributed by atoms with E-state index >= 15 is 0 Å². The number of aliphatic hydroxyl groups excluding tert-OH is 1. The lowest BCUT2D eigenvalue weighted by Crippen LogP contribution is -2.54. The number of fused-ring (bicyclic) bond motifs is 1. The van der Waals surface area contributed by atoms with Crippen molar-refractivity contribution in [2.45, 2.75) is 31.3 Å². The second kappa shape index (κ2) is 9.51. The Morgan fingerprint density at radius 2 is 2.03 bits per heavy atom. The molecule has 36 heavy (non-hydrogen) atoms. The molecule has 3 heterocycles. The lowest BCUT2D eigenvalue weighted by atomic mass is 10.0. The second-order valence-electron chi connectivity index (χ2n) is 8.47.